The molecule has 0 bridgehead atoms. The zero-order valence-corrected chi connectivity index (χ0v) is 11.1. The molecule has 0 aromatic carbocycles. The number of fused-ring (bicyclic) bond motifs is 1. The van der Waals surface area contributed by atoms with Gasteiger partial charge in [0, 0.05) is 31.6 Å². The maximum absolute atomic E-state index is 11.8. The Hall–Kier alpha value is -1.96. The highest BCUT2D eigenvalue weighted by Gasteiger charge is 2.19. The molecule has 2 aromatic heterocycles. The van der Waals surface area contributed by atoms with E-state index in [2.05, 4.69) is 9.97 Å². The standard InChI is InChI=1S/C11H12N4O3S/c1-19(17,18)11-12-4-3-8(13-11)9-7-10(16)15-6-2-5-14(9)15/h3-4,7H,2,5-6H2,1H3. The fraction of sp³-hybridized carbons (Fsp3) is 0.364. The van der Waals surface area contributed by atoms with E-state index in [9.17, 15) is 13.2 Å². The van der Waals surface area contributed by atoms with Crippen molar-refractivity contribution in [2.24, 2.45) is 0 Å². The molecule has 1 aliphatic rings. The molecular formula is C11H12N4O3S. The molecule has 0 saturated carbocycles. The number of nitrogens with zero attached hydrogens (tertiary/aromatic N) is 4. The van der Waals surface area contributed by atoms with Gasteiger partial charge in [0.05, 0.1) is 11.4 Å². The van der Waals surface area contributed by atoms with Gasteiger partial charge in [-0.25, -0.2) is 18.4 Å². The van der Waals surface area contributed by atoms with Gasteiger partial charge in [-0.15, -0.1) is 0 Å². The van der Waals surface area contributed by atoms with Crippen molar-refractivity contribution in [3.63, 3.8) is 0 Å². The highest BCUT2D eigenvalue weighted by molar-refractivity contribution is 7.90. The summed E-state index contributed by atoms with van der Waals surface area (Å²) in [6.45, 7) is 1.42. The van der Waals surface area contributed by atoms with E-state index in [1.807, 2.05) is 4.68 Å². The third-order valence-electron chi connectivity index (χ3n) is 3.05. The van der Waals surface area contributed by atoms with Gasteiger partial charge in [0.2, 0.25) is 15.0 Å². The Kier molecular flexibility index (Phi) is 2.56. The second-order valence-corrected chi connectivity index (χ2v) is 6.37. The molecule has 3 rings (SSSR count). The Morgan fingerprint density at radius 1 is 1.26 bits per heavy atom. The zero-order valence-electron chi connectivity index (χ0n) is 10.3. The molecule has 0 amide bonds. The van der Waals surface area contributed by atoms with Crippen LogP contribution < -0.4 is 5.56 Å². The second-order valence-electron chi connectivity index (χ2n) is 4.46. The first-order valence-electron chi connectivity index (χ1n) is 5.81. The van der Waals surface area contributed by atoms with E-state index < -0.39 is 9.84 Å². The van der Waals surface area contributed by atoms with Crippen LogP contribution in [-0.2, 0) is 22.9 Å². The third kappa shape index (κ3) is 1.97. The van der Waals surface area contributed by atoms with Crippen LogP contribution >= 0.6 is 0 Å². The van der Waals surface area contributed by atoms with Gasteiger partial charge in [-0.3, -0.25) is 14.2 Å². The summed E-state index contributed by atoms with van der Waals surface area (Å²) in [5, 5.41) is -0.226. The minimum Gasteiger partial charge on any atom is -0.280 e. The normalized spacial score (nSPS) is 14.6. The minimum atomic E-state index is -3.46. The van der Waals surface area contributed by atoms with Gasteiger partial charge in [-0.2, -0.15) is 0 Å². The summed E-state index contributed by atoms with van der Waals surface area (Å²) in [7, 11) is -3.46. The van der Waals surface area contributed by atoms with Crippen molar-refractivity contribution in [3.05, 3.63) is 28.7 Å². The summed E-state index contributed by atoms with van der Waals surface area (Å²) >= 11 is 0. The van der Waals surface area contributed by atoms with Gasteiger partial charge >= 0.3 is 0 Å². The highest BCUT2D eigenvalue weighted by Crippen LogP contribution is 2.20. The van der Waals surface area contributed by atoms with Crippen molar-refractivity contribution in [2.45, 2.75) is 24.7 Å². The van der Waals surface area contributed by atoms with Gasteiger partial charge in [0.15, 0.2) is 0 Å². The Labute approximate surface area is 109 Å². The summed E-state index contributed by atoms with van der Waals surface area (Å²) < 4.78 is 26.4. The third-order valence-corrected chi connectivity index (χ3v) is 3.91. The molecule has 0 aliphatic carbocycles. The molecule has 2 aromatic rings. The van der Waals surface area contributed by atoms with Crippen LogP contribution in [0.4, 0.5) is 0 Å². The zero-order chi connectivity index (χ0) is 13.6. The summed E-state index contributed by atoms with van der Waals surface area (Å²) in [5.74, 6) is 0. The van der Waals surface area contributed by atoms with Gasteiger partial charge in [0.25, 0.3) is 5.56 Å². The molecular weight excluding hydrogens is 268 g/mol. The van der Waals surface area contributed by atoms with Gasteiger partial charge in [-0.1, -0.05) is 0 Å². The minimum absolute atomic E-state index is 0.0907. The van der Waals surface area contributed by atoms with E-state index in [1.54, 1.807) is 10.7 Å². The number of hydrogen-bond acceptors (Lipinski definition) is 5. The molecule has 0 fully saturated rings. The SMILES string of the molecule is CS(=O)(=O)c1nccc(-c2cc(=O)n3n2CCC3)n1. The first-order chi connectivity index (χ1) is 8.97. The Balaban J connectivity index is 2.19. The molecule has 7 nitrogen and oxygen atoms in total. The van der Waals surface area contributed by atoms with Crippen molar-refractivity contribution >= 4 is 9.84 Å². The van der Waals surface area contributed by atoms with E-state index in [-0.39, 0.29) is 10.7 Å². The van der Waals surface area contributed by atoms with Crippen LogP contribution in [0.15, 0.2) is 28.3 Å². The van der Waals surface area contributed by atoms with Crippen LogP contribution in [0.1, 0.15) is 6.42 Å². The maximum atomic E-state index is 11.8. The Morgan fingerprint density at radius 2 is 2.00 bits per heavy atom. The molecule has 19 heavy (non-hydrogen) atoms. The Morgan fingerprint density at radius 3 is 2.74 bits per heavy atom. The number of hydrogen-bond donors (Lipinski definition) is 0. The van der Waals surface area contributed by atoms with Crippen LogP contribution in [0.25, 0.3) is 11.4 Å². The molecule has 0 saturated heterocycles. The first-order valence-corrected chi connectivity index (χ1v) is 7.70. The van der Waals surface area contributed by atoms with Gasteiger partial charge < -0.3 is 0 Å². The lowest BCUT2D eigenvalue weighted by atomic mass is 10.3. The topological polar surface area (TPSA) is 86.9 Å². The van der Waals surface area contributed by atoms with E-state index in [0.29, 0.717) is 17.9 Å². The van der Waals surface area contributed by atoms with Gasteiger partial charge in [0.1, 0.15) is 0 Å². The molecule has 0 atom stereocenters. The monoisotopic (exact) mass is 280 g/mol. The number of aromatic nitrogens is 4. The van der Waals surface area contributed by atoms with Gasteiger partial charge in [-0.05, 0) is 12.5 Å². The second kappa shape index (κ2) is 4.02. The van der Waals surface area contributed by atoms with Crippen LogP contribution in [-0.4, -0.2) is 34.0 Å². The van der Waals surface area contributed by atoms with Crippen molar-refractivity contribution in [1.29, 1.82) is 0 Å². The van der Waals surface area contributed by atoms with Crippen molar-refractivity contribution in [3.8, 4) is 11.4 Å². The lowest BCUT2D eigenvalue weighted by Gasteiger charge is -2.05. The lowest BCUT2D eigenvalue weighted by Crippen LogP contribution is -2.15. The average molecular weight is 280 g/mol. The van der Waals surface area contributed by atoms with Crippen LogP contribution in [0.5, 0.6) is 0 Å². The summed E-state index contributed by atoms with van der Waals surface area (Å²) in [4.78, 5) is 19.5. The van der Waals surface area contributed by atoms with Crippen molar-refractivity contribution < 1.29 is 8.42 Å². The van der Waals surface area contributed by atoms with E-state index in [0.717, 1.165) is 19.2 Å². The summed E-state index contributed by atoms with van der Waals surface area (Å²) in [5.41, 5.74) is 0.995. The molecule has 8 heteroatoms. The summed E-state index contributed by atoms with van der Waals surface area (Å²) in [6.07, 6.45) is 3.35. The molecule has 0 N–H and O–H groups in total. The van der Waals surface area contributed by atoms with E-state index in [1.165, 1.54) is 12.3 Å². The molecule has 0 radical (unpaired) electrons. The molecule has 0 unspecified atom stereocenters. The predicted octanol–water partition coefficient (Wildman–Crippen LogP) is -0.0860. The van der Waals surface area contributed by atoms with E-state index >= 15 is 0 Å². The maximum Gasteiger partial charge on any atom is 0.267 e. The molecule has 100 valence electrons. The van der Waals surface area contributed by atoms with Crippen LogP contribution in [0, 0.1) is 0 Å². The molecule has 3 heterocycles. The smallest absolute Gasteiger partial charge is 0.267 e. The van der Waals surface area contributed by atoms with Crippen molar-refractivity contribution in [1.82, 2.24) is 19.3 Å². The molecule has 0 spiro atoms. The van der Waals surface area contributed by atoms with Crippen molar-refractivity contribution in [2.75, 3.05) is 6.26 Å². The largest absolute Gasteiger partial charge is 0.280 e. The number of rotatable bonds is 2. The van der Waals surface area contributed by atoms with E-state index in [4.69, 9.17) is 0 Å². The number of sulfone groups is 1. The summed E-state index contributed by atoms with van der Waals surface area (Å²) in [6, 6.07) is 3.09. The quantitative estimate of drug-likeness (QED) is 0.718. The highest BCUT2D eigenvalue weighted by atomic mass is 32.2. The molecule has 1 aliphatic heterocycles. The van der Waals surface area contributed by atoms with Crippen LogP contribution in [0.3, 0.4) is 0 Å². The fourth-order valence-electron chi connectivity index (χ4n) is 2.23. The van der Waals surface area contributed by atoms with Crippen LogP contribution in [0.2, 0.25) is 0 Å². The fourth-order valence-corrected chi connectivity index (χ4v) is 2.74. The lowest BCUT2D eigenvalue weighted by molar-refractivity contribution is 0.590. The first kappa shape index (κ1) is 12.1. The average Bonchev–Trinajstić information content (AvgIpc) is 2.93. The predicted molar refractivity (Wildman–Crippen MR) is 67.4 cm³/mol. The Bertz CT molecular complexity index is 804.